The molecule has 3 aliphatic rings. The first-order chi connectivity index (χ1) is 31.6. The molecule has 64 heavy (non-hydrogen) atoms. The van der Waals surface area contributed by atoms with Crippen molar-refractivity contribution >= 4 is 27.6 Å². The number of imidazole rings is 2. The van der Waals surface area contributed by atoms with E-state index in [1.54, 1.807) is 0 Å². The van der Waals surface area contributed by atoms with E-state index >= 15 is 0 Å². The molecule has 2 aromatic heterocycles. The molecule has 0 N–H and O–H groups in total. The average molecular weight is 825 g/mol. The Labute approximate surface area is 374 Å². The highest BCUT2D eigenvalue weighted by atomic mass is 15.1. The fourth-order valence-corrected chi connectivity index (χ4v) is 10.9. The third-order valence-corrected chi connectivity index (χ3v) is 14.1. The summed E-state index contributed by atoms with van der Waals surface area (Å²) in [5, 5.41) is 0. The van der Waals surface area contributed by atoms with Gasteiger partial charge in [-0.05, 0) is 123 Å². The van der Waals surface area contributed by atoms with Gasteiger partial charge in [0.2, 0.25) is 0 Å². The summed E-state index contributed by atoms with van der Waals surface area (Å²) in [4.78, 5) is 10.2. The molecule has 0 radical (unpaired) electrons. The minimum absolute atomic E-state index is 0.257. The van der Waals surface area contributed by atoms with Crippen LogP contribution < -0.4 is 0 Å². The van der Waals surface area contributed by atoms with E-state index in [1.807, 2.05) is 0 Å². The van der Waals surface area contributed by atoms with Crippen LogP contribution in [0.15, 0.2) is 206 Å². The molecule has 3 atom stereocenters. The van der Waals surface area contributed by atoms with Gasteiger partial charge >= 0.3 is 0 Å². The number of hydrogen-bond donors (Lipinski definition) is 0. The molecule has 0 fully saturated rings. The normalized spacial score (nSPS) is 17.9. The van der Waals surface area contributed by atoms with E-state index in [4.69, 9.17) is 9.97 Å². The molecule has 0 spiro atoms. The zero-order chi connectivity index (χ0) is 42.7. The van der Waals surface area contributed by atoms with Crippen molar-refractivity contribution in [2.45, 2.75) is 31.1 Å². The first kappa shape index (κ1) is 38.1. The summed E-state index contributed by atoms with van der Waals surface area (Å²) < 4.78 is 4.52. The summed E-state index contributed by atoms with van der Waals surface area (Å²) in [5.74, 6) is 2.86. The van der Waals surface area contributed by atoms with Crippen molar-refractivity contribution in [1.29, 1.82) is 0 Å². The lowest BCUT2D eigenvalue weighted by Gasteiger charge is -2.38. The van der Waals surface area contributed by atoms with Gasteiger partial charge in [0.25, 0.3) is 0 Å². The fraction of sp³-hybridized carbons (Fsp3) is 0.133. The van der Waals surface area contributed by atoms with E-state index in [9.17, 15) is 0 Å². The van der Waals surface area contributed by atoms with Crippen LogP contribution in [0.3, 0.4) is 0 Å². The Kier molecular flexibility index (Phi) is 9.33. The van der Waals surface area contributed by atoms with Gasteiger partial charge in [-0.25, -0.2) is 9.97 Å². The van der Waals surface area contributed by atoms with E-state index in [2.05, 4.69) is 223 Å². The van der Waals surface area contributed by atoms with Gasteiger partial charge in [0.1, 0.15) is 11.6 Å². The van der Waals surface area contributed by atoms with Crippen LogP contribution in [0.5, 0.6) is 0 Å². The van der Waals surface area contributed by atoms with Crippen molar-refractivity contribution in [3.05, 3.63) is 234 Å². The summed E-state index contributed by atoms with van der Waals surface area (Å²) in [5.41, 5.74) is 21.1. The molecule has 4 heteroatoms. The zero-order valence-corrected chi connectivity index (χ0v) is 36.2. The van der Waals surface area contributed by atoms with E-state index in [0.717, 1.165) is 58.6 Å². The Morgan fingerprint density at radius 3 is 1.80 bits per heavy atom. The van der Waals surface area contributed by atoms with Crippen LogP contribution in [0, 0.1) is 5.92 Å². The van der Waals surface area contributed by atoms with E-state index in [-0.39, 0.29) is 11.8 Å². The van der Waals surface area contributed by atoms with Crippen molar-refractivity contribution in [2.24, 2.45) is 20.0 Å². The lowest BCUT2D eigenvalue weighted by molar-refractivity contribution is 0.475. The molecule has 0 amide bonds. The second-order valence-corrected chi connectivity index (χ2v) is 17.7. The van der Waals surface area contributed by atoms with Gasteiger partial charge in [0, 0.05) is 31.1 Å². The van der Waals surface area contributed by atoms with Crippen molar-refractivity contribution in [3.8, 4) is 45.0 Å². The van der Waals surface area contributed by atoms with Crippen molar-refractivity contribution in [3.63, 3.8) is 0 Å². The summed E-state index contributed by atoms with van der Waals surface area (Å²) in [6, 6.07) is 60.3. The number of benzene rings is 7. The van der Waals surface area contributed by atoms with Crippen molar-refractivity contribution in [1.82, 2.24) is 19.1 Å². The van der Waals surface area contributed by atoms with Crippen LogP contribution in [-0.2, 0) is 20.5 Å². The maximum absolute atomic E-state index is 5.13. The van der Waals surface area contributed by atoms with Crippen LogP contribution in [0.4, 0.5) is 0 Å². The number of rotatable bonds is 7. The van der Waals surface area contributed by atoms with E-state index < -0.39 is 0 Å². The third kappa shape index (κ3) is 6.43. The van der Waals surface area contributed by atoms with Crippen LogP contribution in [0.1, 0.15) is 52.5 Å². The highest BCUT2D eigenvalue weighted by molar-refractivity contribution is 5.96. The fourth-order valence-electron chi connectivity index (χ4n) is 10.9. The second-order valence-electron chi connectivity index (χ2n) is 17.7. The first-order valence-corrected chi connectivity index (χ1v) is 22.7. The maximum atomic E-state index is 5.13. The van der Waals surface area contributed by atoms with Crippen LogP contribution in [0.2, 0.25) is 0 Å². The smallest absolute Gasteiger partial charge is 0.140 e. The highest BCUT2D eigenvalue weighted by Gasteiger charge is 2.37. The molecule has 0 saturated heterocycles. The van der Waals surface area contributed by atoms with Gasteiger partial charge in [-0.2, -0.15) is 0 Å². The Morgan fingerprint density at radius 1 is 0.469 bits per heavy atom. The molecule has 12 rings (SSSR count). The number of aryl methyl sites for hydroxylation is 2. The summed E-state index contributed by atoms with van der Waals surface area (Å²) in [7, 11) is 4.30. The van der Waals surface area contributed by atoms with Gasteiger partial charge < -0.3 is 9.13 Å². The van der Waals surface area contributed by atoms with E-state index in [1.165, 1.54) is 66.7 Å². The van der Waals surface area contributed by atoms with Crippen molar-refractivity contribution in [2.75, 3.05) is 0 Å². The molecular weight excluding hydrogens is 777 g/mol. The molecule has 2 heterocycles. The SMILES string of the molecule is Cn1c(-c2ccccc2)nc2ccc(-c3cccc4c3CC3C(=C4c4ccc(C5C=CC=CC5)cc4-c4ccccc4)C=CCC3c3ccc4nc(-c5ccccc5)n(C)c4c3)cc21. The van der Waals surface area contributed by atoms with Crippen molar-refractivity contribution < 1.29 is 0 Å². The Balaban J connectivity index is 1.05. The van der Waals surface area contributed by atoms with Crippen LogP contribution >= 0.6 is 0 Å². The Morgan fingerprint density at radius 2 is 1.11 bits per heavy atom. The highest BCUT2D eigenvalue weighted by Crippen LogP contribution is 2.52. The molecule has 0 bridgehead atoms. The van der Waals surface area contributed by atoms with Gasteiger partial charge in [-0.3, -0.25) is 0 Å². The first-order valence-electron chi connectivity index (χ1n) is 22.7. The summed E-state index contributed by atoms with van der Waals surface area (Å²) in [6.45, 7) is 0. The monoisotopic (exact) mass is 824 g/mol. The van der Waals surface area contributed by atoms with Gasteiger partial charge in [-0.1, -0.05) is 170 Å². The number of aromatic nitrogens is 4. The molecule has 3 aliphatic carbocycles. The Bertz CT molecular complexity index is 3380. The summed E-state index contributed by atoms with van der Waals surface area (Å²) in [6.07, 6.45) is 16.8. The number of fused-ring (bicyclic) bond motifs is 4. The predicted molar refractivity (Wildman–Crippen MR) is 265 cm³/mol. The quantitative estimate of drug-likeness (QED) is 0.160. The molecule has 0 aliphatic heterocycles. The Hall–Kier alpha value is -7.56. The number of allylic oxidation sites excluding steroid dienone is 7. The maximum Gasteiger partial charge on any atom is 0.140 e. The van der Waals surface area contributed by atoms with Crippen LogP contribution in [-0.4, -0.2) is 19.1 Å². The molecule has 0 saturated carbocycles. The number of hydrogen-bond acceptors (Lipinski definition) is 2. The van der Waals surface area contributed by atoms with E-state index in [0.29, 0.717) is 5.92 Å². The van der Waals surface area contributed by atoms with Gasteiger partial charge in [0.15, 0.2) is 0 Å². The lowest BCUT2D eigenvalue weighted by atomic mass is 9.65. The van der Waals surface area contributed by atoms with Gasteiger partial charge in [0.05, 0.1) is 22.1 Å². The lowest BCUT2D eigenvalue weighted by Crippen LogP contribution is -2.25. The number of nitrogens with zero attached hydrogens (tertiary/aromatic N) is 4. The molecule has 7 aromatic carbocycles. The topological polar surface area (TPSA) is 35.6 Å². The second kappa shape index (κ2) is 15.7. The molecule has 9 aromatic rings. The van der Waals surface area contributed by atoms with Gasteiger partial charge in [-0.15, -0.1) is 0 Å². The standard InChI is InChI=1S/C60H48N4/c1-63-56-36-44(30-33-54(56)61-59(63)41-21-11-5-12-22-41)46-25-15-27-48-52(46)38-53-47(45-31-34-55-57(37-45)64(2)60(62-55)42-23-13-6-14-24-42)26-16-28-49(53)58(48)50-32-29-43(39-17-7-3-8-18-39)35-51(50)40-19-9-4-10-20-40/h3-17,19-25,27-37,39,47,53H,18,26,38H2,1-2H3. The molecular formula is C60H48N4. The molecule has 3 unspecified atom stereocenters. The summed E-state index contributed by atoms with van der Waals surface area (Å²) >= 11 is 0. The molecule has 4 nitrogen and oxygen atoms in total. The predicted octanol–water partition coefficient (Wildman–Crippen LogP) is 14.4. The minimum Gasteiger partial charge on any atom is -0.327 e. The minimum atomic E-state index is 0.257. The largest absolute Gasteiger partial charge is 0.327 e. The average Bonchev–Trinajstić information content (AvgIpc) is 3.88. The zero-order valence-electron chi connectivity index (χ0n) is 36.2. The van der Waals surface area contributed by atoms with Crippen LogP contribution in [0.25, 0.3) is 72.7 Å². The third-order valence-electron chi connectivity index (χ3n) is 14.1. The molecule has 308 valence electrons.